The van der Waals surface area contributed by atoms with Gasteiger partial charge in [0.25, 0.3) is 5.91 Å². The molecule has 0 saturated carbocycles. The van der Waals surface area contributed by atoms with E-state index >= 15 is 0 Å². The molecule has 2 aromatic rings. The highest BCUT2D eigenvalue weighted by Crippen LogP contribution is 2.27. The monoisotopic (exact) mass is 300 g/mol. The highest BCUT2D eigenvalue weighted by Gasteiger charge is 2.35. The summed E-state index contributed by atoms with van der Waals surface area (Å²) >= 11 is 0. The van der Waals surface area contributed by atoms with Crippen molar-refractivity contribution >= 4 is 5.91 Å². The molecular formula is C16H20N4O2. The fourth-order valence-corrected chi connectivity index (χ4v) is 3.51. The summed E-state index contributed by atoms with van der Waals surface area (Å²) in [5.41, 5.74) is 1.15. The summed E-state index contributed by atoms with van der Waals surface area (Å²) in [6.45, 7) is 5.19. The molecule has 6 heteroatoms. The minimum atomic E-state index is -0.107. The summed E-state index contributed by atoms with van der Waals surface area (Å²) in [4.78, 5) is 14.8. The molecule has 3 aliphatic rings. The van der Waals surface area contributed by atoms with Crippen molar-refractivity contribution in [2.75, 3.05) is 19.6 Å². The lowest BCUT2D eigenvalue weighted by Gasteiger charge is -2.44. The van der Waals surface area contributed by atoms with Gasteiger partial charge < -0.3 is 14.6 Å². The number of hydrogen-bond donors (Lipinski definition) is 2. The van der Waals surface area contributed by atoms with Crippen LogP contribution < -0.4 is 5.32 Å². The molecule has 1 unspecified atom stereocenters. The highest BCUT2D eigenvalue weighted by atomic mass is 16.3. The van der Waals surface area contributed by atoms with Gasteiger partial charge in [0.2, 0.25) is 0 Å². The van der Waals surface area contributed by atoms with Crippen LogP contribution in [0, 0.1) is 12.8 Å². The molecule has 5 heterocycles. The van der Waals surface area contributed by atoms with E-state index in [-0.39, 0.29) is 11.9 Å². The standard InChI is InChI=1S/C16H20N4O2/c1-10-2-3-15(22-10)12-8-13(19-18-12)16(21)17-14-9-20-6-4-11(14)5-7-20/h2-3,8,11,14H,4-7,9H2,1H3,(H,17,21)(H,18,19). The first-order chi connectivity index (χ1) is 10.7. The smallest absolute Gasteiger partial charge is 0.272 e. The van der Waals surface area contributed by atoms with Gasteiger partial charge >= 0.3 is 0 Å². The largest absolute Gasteiger partial charge is 0.460 e. The van der Waals surface area contributed by atoms with Crippen molar-refractivity contribution in [3.8, 4) is 11.5 Å². The molecule has 0 aromatic carbocycles. The Bertz CT molecular complexity index is 682. The zero-order valence-corrected chi connectivity index (χ0v) is 12.6. The molecule has 2 bridgehead atoms. The second-order valence-corrected chi connectivity index (χ2v) is 6.30. The fourth-order valence-electron chi connectivity index (χ4n) is 3.51. The molecule has 3 saturated heterocycles. The summed E-state index contributed by atoms with van der Waals surface area (Å²) in [7, 11) is 0. The molecule has 3 aliphatic heterocycles. The third kappa shape index (κ3) is 2.43. The molecule has 1 amide bonds. The number of carbonyl (C=O) groups is 1. The average molecular weight is 300 g/mol. The van der Waals surface area contributed by atoms with Gasteiger partial charge in [0.1, 0.15) is 11.5 Å². The molecule has 3 fully saturated rings. The molecular weight excluding hydrogens is 280 g/mol. The van der Waals surface area contributed by atoms with Crippen LogP contribution in [-0.2, 0) is 0 Å². The Labute approximate surface area is 128 Å². The molecule has 2 N–H and O–H groups in total. The van der Waals surface area contributed by atoms with E-state index in [9.17, 15) is 4.79 Å². The second kappa shape index (κ2) is 5.28. The summed E-state index contributed by atoms with van der Waals surface area (Å²) in [6, 6.07) is 5.76. The molecule has 116 valence electrons. The first kappa shape index (κ1) is 13.6. The lowest BCUT2D eigenvalue weighted by Crippen LogP contribution is -2.57. The van der Waals surface area contributed by atoms with Gasteiger partial charge in [0.15, 0.2) is 11.5 Å². The van der Waals surface area contributed by atoms with Crippen molar-refractivity contribution in [1.29, 1.82) is 0 Å². The van der Waals surface area contributed by atoms with E-state index in [4.69, 9.17) is 4.42 Å². The second-order valence-electron chi connectivity index (χ2n) is 6.30. The Balaban J connectivity index is 1.46. The van der Waals surface area contributed by atoms with Crippen LogP contribution in [0.25, 0.3) is 11.5 Å². The SMILES string of the molecule is Cc1ccc(-c2cc(C(=O)NC3CN4CCC3CC4)n[nH]2)o1. The summed E-state index contributed by atoms with van der Waals surface area (Å²) in [5.74, 6) is 2.04. The van der Waals surface area contributed by atoms with Crippen molar-refractivity contribution in [3.63, 3.8) is 0 Å². The molecule has 0 spiro atoms. The van der Waals surface area contributed by atoms with Crippen LogP contribution in [0.4, 0.5) is 0 Å². The molecule has 2 aromatic heterocycles. The molecule has 22 heavy (non-hydrogen) atoms. The maximum Gasteiger partial charge on any atom is 0.272 e. The summed E-state index contributed by atoms with van der Waals surface area (Å²) in [5, 5.41) is 10.1. The predicted molar refractivity (Wildman–Crippen MR) is 81.4 cm³/mol. The van der Waals surface area contributed by atoms with Gasteiger partial charge in [-0.25, -0.2) is 0 Å². The minimum Gasteiger partial charge on any atom is -0.460 e. The van der Waals surface area contributed by atoms with Crippen molar-refractivity contribution in [2.45, 2.75) is 25.8 Å². The number of piperidine rings is 3. The Morgan fingerprint density at radius 1 is 1.41 bits per heavy atom. The van der Waals surface area contributed by atoms with Crippen molar-refractivity contribution in [2.24, 2.45) is 5.92 Å². The van der Waals surface area contributed by atoms with Gasteiger partial charge in [0.05, 0.1) is 0 Å². The lowest BCUT2D eigenvalue weighted by atomic mass is 9.84. The number of fused-ring (bicyclic) bond motifs is 3. The molecule has 0 aliphatic carbocycles. The van der Waals surface area contributed by atoms with Gasteiger partial charge in [-0.1, -0.05) is 0 Å². The van der Waals surface area contributed by atoms with E-state index in [0.717, 1.165) is 18.0 Å². The molecule has 5 rings (SSSR count). The zero-order chi connectivity index (χ0) is 15.1. The molecule has 1 atom stereocenters. The number of amides is 1. The Morgan fingerprint density at radius 2 is 2.23 bits per heavy atom. The van der Waals surface area contributed by atoms with E-state index in [0.29, 0.717) is 17.4 Å². The van der Waals surface area contributed by atoms with E-state index < -0.39 is 0 Å². The van der Waals surface area contributed by atoms with Crippen LogP contribution in [-0.4, -0.2) is 46.7 Å². The van der Waals surface area contributed by atoms with Crippen LogP contribution in [0.15, 0.2) is 22.6 Å². The van der Waals surface area contributed by atoms with Crippen LogP contribution >= 0.6 is 0 Å². The number of aromatic nitrogens is 2. The highest BCUT2D eigenvalue weighted by molar-refractivity contribution is 5.93. The van der Waals surface area contributed by atoms with E-state index in [1.54, 1.807) is 6.07 Å². The number of H-pyrrole nitrogens is 1. The van der Waals surface area contributed by atoms with Gasteiger partial charge in [-0.3, -0.25) is 9.89 Å². The van der Waals surface area contributed by atoms with Crippen molar-refractivity contribution in [1.82, 2.24) is 20.4 Å². The number of nitrogens with one attached hydrogen (secondary N) is 2. The Kier molecular flexibility index (Phi) is 3.26. The first-order valence-electron chi connectivity index (χ1n) is 7.84. The number of hydrogen-bond acceptors (Lipinski definition) is 4. The van der Waals surface area contributed by atoms with Gasteiger partial charge in [0, 0.05) is 18.7 Å². The maximum atomic E-state index is 12.4. The predicted octanol–water partition coefficient (Wildman–Crippen LogP) is 1.80. The quantitative estimate of drug-likeness (QED) is 0.906. The van der Waals surface area contributed by atoms with Crippen molar-refractivity contribution < 1.29 is 9.21 Å². The fraction of sp³-hybridized carbons (Fsp3) is 0.500. The van der Waals surface area contributed by atoms with Gasteiger partial charge in [-0.05, 0) is 50.9 Å². The van der Waals surface area contributed by atoms with Gasteiger partial charge in [-0.2, -0.15) is 5.10 Å². The summed E-state index contributed by atoms with van der Waals surface area (Å²) in [6.07, 6.45) is 2.37. The van der Waals surface area contributed by atoms with Crippen LogP contribution in [0.5, 0.6) is 0 Å². The van der Waals surface area contributed by atoms with E-state index in [2.05, 4.69) is 20.4 Å². The third-order valence-corrected chi connectivity index (χ3v) is 4.79. The average Bonchev–Trinajstić information content (AvgIpc) is 3.17. The molecule has 6 nitrogen and oxygen atoms in total. The van der Waals surface area contributed by atoms with E-state index in [1.165, 1.54) is 25.9 Å². The zero-order valence-electron chi connectivity index (χ0n) is 12.6. The number of furan rings is 1. The van der Waals surface area contributed by atoms with Crippen molar-refractivity contribution in [3.05, 3.63) is 29.7 Å². The maximum absolute atomic E-state index is 12.4. The molecule has 0 radical (unpaired) electrons. The van der Waals surface area contributed by atoms with Gasteiger partial charge in [-0.15, -0.1) is 0 Å². The van der Waals surface area contributed by atoms with E-state index in [1.807, 2.05) is 19.1 Å². The summed E-state index contributed by atoms with van der Waals surface area (Å²) < 4.78 is 5.54. The minimum absolute atomic E-state index is 0.107. The topological polar surface area (TPSA) is 74.2 Å². The van der Waals surface area contributed by atoms with Crippen LogP contribution in [0.1, 0.15) is 29.1 Å². The number of carbonyl (C=O) groups excluding carboxylic acids is 1. The third-order valence-electron chi connectivity index (χ3n) is 4.79. The number of nitrogens with zero attached hydrogens (tertiary/aromatic N) is 2. The van der Waals surface area contributed by atoms with Crippen LogP contribution in [0.3, 0.4) is 0 Å². The Hall–Kier alpha value is -2.08. The van der Waals surface area contributed by atoms with Crippen LogP contribution in [0.2, 0.25) is 0 Å². The first-order valence-corrected chi connectivity index (χ1v) is 7.84. The number of aromatic amines is 1. The number of aryl methyl sites for hydroxylation is 1. The lowest BCUT2D eigenvalue weighted by molar-refractivity contribution is 0.0618. The normalized spacial score (nSPS) is 27.0. The number of rotatable bonds is 3. The Morgan fingerprint density at radius 3 is 2.86 bits per heavy atom.